The van der Waals surface area contributed by atoms with Gasteiger partial charge in [0.2, 0.25) is 29.5 Å². The number of aliphatic hydroxyl groups is 1. The smallest absolute Gasteiger partial charge is 0.404 e. The average molecular weight is 876 g/mol. The molecule has 1 unspecified atom stereocenters. The van der Waals surface area contributed by atoms with Crippen LogP contribution in [0.25, 0.3) is 0 Å². The molecule has 0 aromatic carbocycles. The van der Waals surface area contributed by atoms with E-state index in [0.29, 0.717) is 70.1 Å². The number of hydrogen-bond acceptors (Lipinski definition) is 12. The van der Waals surface area contributed by atoms with Crippen LogP contribution >= 0.6 is 0 Å². The van der Waals surface area contributed by atoms with Crippen molar-refractivity contribution in [1.82, 2.24) is 36.8 Å². The van der Waals surface area contributed by atoms with Crippen molar-refractivity contribution < 1.29 is 38.4 Å². The standard InChI is InChI=1S/C44H82BN9O8/c1-8-9-10-11-12-17-23-54-24-22-48-34(27-54)41(59)52-33(19-14-16-21-47)40(58)53-37(29(3)55)42(60)49-28(2)38(56)51-32(18-13-15-20-46)39(57)50-30(4)45-61-36-26-31-25-35(43(31,5)6)44(36,7)62-45/h28-37,48,55H,8-27,46-47H2,1-7H3,(H,49,60)(H,50,57)(H,51,56)(H,52,59)(H,53,58)/t28-,29+,30-,31-,32-,33-,34?,35-,36+,37-,44-/m0/s1. The van der Waals surface area contributed by atoms with E-state index in [2.05, 4.69) is 64.5 Å². The van der Waals surface area contributed by atoms with Gasteiger partial charge in [-0.15, -0.1) is 0 Å². The van der Waals surface area contributed by atoms with Crippen LogP contribution in [-0.2, 0) is 33.3 Å². The minimum absolute atomic E-state index is 0.0473. The van der Waals surface area contributed by atoms with E-state index in [0.717, 1.165) is 38.8 Å². The van der Waals surface area contributed by atoms with Crippen molar-refractivity contribution in [3.63, 3.8) is 0 Å². The van der Waals surface area contributed by atoms with Crippen molar-refractivity contribution in [2.75, 3.05) is 39.3 Å². The zero-order valence-corrected chi connectivity index (χ0v) is 38.9. The first-order valence-corrected chi connectivity index (χ1v) is 23.9. The minimum Gasteiger partial charge on any atom is -0.404 e. The number of aliphatic hydroxyl groups excluding tert-OH is 1. The van der Waals surface area contributed by atoms with Crippen molar-refractivity contribution in [3.05, 3.63) is 0 Å². The van der Waals surface area contributed by atoms with Gasteiger partial charge in [0.15, 0.2) is 0 Å². The molecule has 0 aromatic rings. The summed E-state index contributed by atoms with van der Waals surface area (Å²) in [5, 5.41) is 27.8. The first-order valence-electron chi connectivity index (χ1n) is 23.9. The first-order chi connectivity index (χ1) is 29.5. The van der Waals surface area contributed by atoms with Gasteiger partial charge in [-0.05, 0) is 122 Å². The summed E-state index contributed by atoms with van der Waals surface area (Å²) in [5.74, 6) is -2.34. The van der Waals surface area contributed by atoms with Gasteiger partial charge in [-0.1, -0.05) is 52.9 Å². The first kappa shape index (κ1) is 51.8. The third kappa shape index (κ3) is 13.8. The van der Waals surface area contributed by atoms with Gasteiger partial charge < -0.3 is 57.8 Å². The Kier molecular flexibility index (Phi) is 20.4. The fourth-order valence-electron chi connectivity index (χ4n) is 9.93. The summed E-state index contributed by atoms with van der Waals surface area (Å²) in [4.78, 5) is 70.4. The Labute approximate surface area is 371 Å². The summed E-state index contributed by atoms with van der Waals surface area (Å²) < 4.78 is 12.9. The summed E-state index contributed by atoms with van der Waals surface area (Å²) in [7, 11) is -0.641. The van der Waals surface area contributed by atoms with Crippen molar-refractivity contribution in [1.29, 1.82) is 0 Å². The fourth-order valence-corrected chi connectivity index (χ4v) is 9.93. The molecule has 17 nitrogen and oxygen atoms in total. The molecule has 0 spiro atoms. The Balaban J connectivity index is 1.31. The lowest BCUT2D eigenvalue weighted by Gasteiger charge is -2.64. The van der Waals surface area contributed by atoms with E-state index in [1.807, 2.05) is 6.92 Å². The van der Waals surface area contributed by atoms with Crippen molar-refractivity contribution >= 4 is 36.7 Å². The van der Waals surface area contributed by atoms with Crippen LogP contribution < -0.4 is 43.4 Å². The van der Waals surface area contributed by atoms with Crippen LogP contribution in [-0.4, -0.2) is 140 Å². The third-order valence-electron chi connectivity index (χ3n) is 14.1. The highest BCUT2D eigenvalue weighted by Gasteiger charge is 2.68. The summed E-state index contributed by atoms with van der Waals surface area (Å²) >= 11 is 0. The molecule has 0 radical (unpaired) electrons. The Morgan fingerprint density at radius 1 is 0.790 bits per heavy atom. The van der Waals surface area contributed by atoms with Crippen LogP contribution in [0.4, 0.5) is 0 Å². The summed E-state index contributed by atoms with van der Waals surface area (Å²) in [5.41, 5.74) is 11.2. The number of unbranched alkanes of at least 4 members (excludes halogenated alkanes) is 7. The molecule has 18 heteroatoms. The molecule has 11 N–H and O–H groups in total. The Hall–Kier alpha value is -2.87. The highest BCUT2D eigenvalue weighted by atomic mass is 16.7. The van der Waals surface area contributed by atoms with Crippen LogP contribution in [0.15, 0.2) is 0 Å². The highest BCUT2D eigenvalue weighted by Crippen LogP contribution is 2.65. The molecule has 2 bridgehead atoms. The zero-order valence-electron chi connectivity index (χ0n) is 38.9. The molecule has 3 saturated carbocycles. The van der Waals surface area contributed by atoms with E-state index in [-0.39, 0.29) is 23.8 Å². The molecular formula is C44H82BN9O8. The number of hydrogen-bond donors (Lipinski definition) is 9. The molecule has 0 aromatic heterocycles. The number of carbonyl (C=O) groups is 5. The molecule has 5 aliphatic rings. The molecule has 354 valence electrons. The van der Waals surface area contributed by atoms with Gasteiger partial charge in [-0.25, -0.2) is 0 Å². The Bertz CT molecular complexity index is 1480. The number of amides is 5. The quantitative estimate of drug-likeness (QED) is 0.0414. The minimum atomic E-state index is -1.44. The van der Waals surface area contributed by atoms with E-state index >= 15 is 0 Å². The number of rotatable bonds is 27. The van der Waals surface area contributed by atoms with Gasteiger partial charge in [-0.2, -0.15) is 0 Å². The predicted molar refractivity (Wildman–Crippen MR) is 240 cm³/mol. The largest absolute Gasteiger partial charge is 0.481 e. The van der Waals surface area contributed by atoms with E-state index in [1.165, 1.54) is 39.5 Å². The van der Waals surface area contributed by atoms with Crippen molar-refractivity contribution in [2.45, 2.75) is 192 Å². The summed E-state index contributed by atoms with van der Waals surface area (Å²) in [6, 6.07) is -5.01. The summed E-state index contributed by atoms with van der Waals surface area (Å²) in [6.07, 6.45) is 10.8. The number of carbonyl (C=O) groups excluding carboxylic acids is 5. The molecule has 11 atom stereocenters. The molecule has 2 aliphatic heterocycles. The maximum absolute atomic E-state index is 13.7. The van der Waals surface area contributed by atoms with Crippen LogP contribution in [0.5, 0.6) is 0 Å². The maximum Gasteiger partial charge on any atom is 0.481 e. The molecule has 62 heavy (non-hydrogen) atoms. The third-order valence-corrected chi connectivity index (χ3v) is 14.1. The average Bonchev–Trinajstić information content (AvgIpc) is 3.60. The van der Waals surface area contributed by atoms with Gasteiger partial charge in [0, 0.05) is 19.6 Å². The van der Waals surface area contributed by atoms with Gasteiger partial charge in [0.1, 0.15) is 24.2 Å². The van der Waals surface area contributed by atoms with Crippen LogP contribution in [0.2, 0.25) is 0 Å². The Morgan fingerprint density at radius 2 is 1.42 bits per heavy atom. The number of nitrogens with one attached hydrogen (secondary N) is 6. The second kappa shape index (κ2) is 24.4. The topological polar surface area (TPSA) is 251 Å². The lowest BCUT2D eigenvalue weighted by Crippen LogP contribution is -2.65. The maximum atomic E-state index is 13.7. The normalized spacial score (nSPS) is 27.0. The van der Waals surface area contributed by atoms with Gasteiger partial charge in [0.05, 0.1) is 29.8 Å². The number of piperazine rings is 1. The highest BCUT2D eigenvalue weighted by molar-refractivity contribution is 6.47. The monoisotopic (exact) mass is 876 g/mol. The van der Waals surface area contributed by atoms with Crippen molar-refractivity contribution in [3.8, 4) is 0 Å². The lowest BCUT2D eigenvalue weighted by atomic mass is 9.43. The molecule has 5 amide bonds. The zero-order chi connectivity index (χ0) is 45.6. The van der Waals surface area contributed by atoms with Crippen LogP contribution in [0, 0.1) is 17.3 Å². The van der Waals surface area contributed by atoms with Gasteiger partial charge >= 0.3 is 7.12 Å². The van der Waals surface area contributed by atoms with Gasteiger partial charge in [-0.3, -0.25) is 28.9 Å². The molecule has 5 fully saturated rings. The molecule has 2 heterocycles. The molecule has 3 aliphatic carbocycles. The van der Waals surface area contributed by atoms with Crippen LogP contribution in [0.3, 0.4) is 0 Å². The van der Waals surface area contributed by atoms with Crippen LogP contribution in [0.1, 0.15) is 138 Å². The lowest BCUT2D eigenvalue weighted by molar-refractivity contribution is -0.199. The number of nitrogens with zero attached hydrogens (tertiary/aromatic N) is 1. The summed E-state index contributed by atoms with van der Waals surface area (Å²) in [6.45, 7) is 17.3. The van der Waals surface area contributed by atoms with Crippen molar-refractivity contribution in [2.24, 2.45) is 28.7 Å². The second-order valence-corrected chi connectivity index (χ2v) is 19.4. The second-order valence-electron chi connectivity index (χ2n) is 19.4. The van der Waals surface area contributed by atoms with E-state index in [1.54, 1.807) is 0 Å². The molecule has 5 rings (SSSR count). The van der Waals surface area contributed by atoms with E-state index < -0.39 is 78.6 Å². The Morgan fingerprint density at radius 3 is 2.05 bits per heavy atom. The SMILES string of the molecule is CCCCCCCCN1CCNC(C(=O)N[C@@H](CCCCN)C(=O)N[C@H](C(=O)N[C@@H](C)C(=O)N[C@@H](CCCCN)C(=O)N[C@@H](C)B2O[C@@H]3C[C@@H]4C[C@@H](C4(C)C)[C@]3(C)O2)[C@@H](C)O)C1. The van der Waals surface area contributed by atoms with E-state index in [9.17, 15) is 29.1 Å². The van der Waals surface area contributed by atoms with E-state index in [4.69, 9.17) is 20.8 Å². The van der Waals surface area contributed by atoms with Gasteiger partial charge in [0.25, 0.3) is 0 Å². The fraction of sp³-hybridized carbons (Fsp3) is 0.886. The molecule has 2 saturated heterocycles. The predicted octanol–water partition coefficient (Wildman–Crippen LogP) is 0.991. The number of nitrogens with two attached hydrogens (primary N) is 2. The molecular weight excluding hydrogens is 793 g/mol.